The quantitative estimate of drug-likeness (QED) is 0.310. The van der Waals surface area contributed by atoms with Crippen molar-refractivity contribution >= 4 is 11.4 Å². The zero-order valence-corrected chi connectivity index (χ0v) is 26.3. The number of aliphatic imine (C=N–C) groups is 2. The van der Waals surface area contributed by atoms with Gasteiger partial charge in [-0.05, 0) is 118 Å². The second-order valence-corrected chi connectivity index (χ2v) is 13.6. The van der Waals surface area contributed by atoms with E-state index >= 15 is 0 Å². The molecule has 0 fully saturated rings. The van der Waals surface area contributed by atoms with E-state index < -0.39 is 0 Å². The number of hydrogen-bond acceptors (Lipinski definition) is 3. The lowest BCUT2D eigenvalue weighted by Crippen LogP contribution is -2.37. The van der Waals surface area contributed by atoms with Crippen LogP contribution in [0.3, 0.4) is 0 Å². The summed E-state index contributed by atoms with van der Waals surface area (Å²) in [5.74, 6) is 2.05. The van der Waals surface area contributed by atoms with Crippen LogP contribution in [0.25, 0.3) is 0 Å². The van der Waals surface area contributed by atoms with E-state index in [9.17, 15) is 0 Å². The van der Waals surface area contributed by atoms with Crippen molar-refractivity contribution in [1.29, 1.82) is 0 Å². The molecule has 7 aliphatic rings. The predicted molar refractivity (Wildman–Crippen MR) is 187 cm³/mol. The molecule has 2 heterocycles. The van der Waals surface area contributed by atoms with Crippen molar-refractivity contribution < 1.29 is 0 Å². The molecule has 44 heavy (non-hydrogen) atoms. The molecule has 7 rings (SSSR count). The van der Waals surface area contributed by atoms with Crippen LogP contribution in [0.1, 0.15) is 89.9 Å². The van der Waals surface area contributed by atoms with Crippen LogP contribution in [-0.4, -0.2) is 17.6 Å². The van der Waals surface area contributed by atoms with Crippen molar-refractivity contribution in [2.75, 3.05) is 0 Å². The van der Waals surface area contributed by atoms with E-state index in [1.165, 1.54) is 59.5 Å². The maximum absolute atomic E-state index is 5.54. The number of nitrogens with one attached hydrogen (secondary N) is 1. The van der Waals surface area contributed by atoms with Gasteiger partial charge < -0.3 is 5.32 Å². The molecule has 0 aromatic rings. The van der Waals surface area contributed by atoms with Gasteiger partial charge in [-0.25, -0.2) is 0 Å². The van der Waals surface area contributed by atoms with E-state index in [1.54, 1.807) is 5.57 Å². The fraction of sp³-hybridized carbons (Fsp3) is 0.463. The molecule has 228 valence electrons. The predicted octanol–water partition coefficient (Wildman–Crippen LogP) is 10.1. The lowest BCUT2D eigenvalue weighted by molar-refractivity contribution is 0.433. The van der Waals surface area contributed by atoms with E-state index in [0.29, 0.717) is 23.7 Å². The molecule has 1 N–H and O–H groups in total. The average Bonchev–Trinajstić information content (AvgIpc) is 3.10. The number of rotatable bonds is 6. The van der Waals surface area contributed by atoms with Crippen LogP contribution in [0, 0.1) is 23.7 Å². The molecule has 0 saturated carbocycles. The fourth-order valence-corrected chi connectivity index (χ4v) is 8.16. The highest BCUT2D eigenvalue weighted by atomic mass is 15.1. The molecule has 0 amide bonds. The molecule has 0 aromatic heterocycles. The van der Waals surface area contributed by atoms with Gasteiger partial charge in [0.25, 0.3) is 0 Å². The van der Waals surface area contributed by atoms with Crippen molar-refractivity contribution in [2.24, 2.45) is 33.7 Å². The van der Waals surface area contributed by atoms with Crippen molar-refractivity contribution in [3.05, 3.63) is 119 Å². The maximum Gasteiger partial charge on any atom is 0.125 e. The Morgan fingerprint density at radius 2 is 1.70 bits per heavy atom. The van der Waals surface area contributed by atoms with Gasteiger partial charge in [-0.3, -0.25) is 9.98 Å². The summed E-state index contributed by atoms with van der Waals surface area (Å²) in [7, 11) is 0. The van der Waals surface area contributed by atoms with Crippen molar-refractivity contribution in [3.63, 3.8) is 0 Å². The van der Waals surface area contributed by atoms with Crippen LogP contribution < -0.4 is 5.32 Å². The zero-order chi connectivity index (χ0) is 29.6. The Balaban J connectivity index is 1.09. The molecule has 3 nitrogen and oxygen atoms in total. The lowest BCUT2D eigenvalue weighted by atomic mass is 9.72. The summed E-state index contributed by atoms with van der Waals surface area (Å²) >= 11 is 0. The van der Waals surface area contributed by atoms with Crippen LogP contribution in [0.15, 0.2) is 129 Å². The minimum atomic E-state index is 0.0846. The van der Waals surface area contributed by atoms with E-state index in [-0.39, 0.29) is 6.17 Å². The van der Waals surface area contributed by atoms with E-state index in [1.807, 2.05) is 0 Å². The van der Waals surface area contributed by atoms with Crippen LogP contribution in [-0.2, 0) is 0 Å². The smallest absolute Gasteiger partial charge is 0.125 e. The van der Waals surface area contributed by atoms with Gasteiger partial charge in [-0.2, -0.15) is 0 Å². The first-order chi connectivity index (χ1) is 21.8. The van der Waals surface area contributed by atoms with Gasteiger partial charge in [0.2, 0.25) is 0 Å². The molecule has 0 aromatic carbocycles. The third-order valence-corrected chi connectivity index (χ3v) is 10.7. The second kappa shape index (κ2) is 14.1. The first-order valence-electron chi connectivity index (χ1n) is 17.5. The molecule has 5 unspecified atom stereocenters. The fourth-order valence-electron chi connectivity index (χ4n) is 8.16. The first-order valence-corrected chi connectivity index (χ1v) is 17.5. The number of allylic oxidation sites excluding steroid dienone is 16. The highest BCUT2D eigenvalue weighted by molar-refractivity contribution is 6.03. The Kier molecular flexibility index (Phi) is 9.38. The van der Waals surface area contributed by atoms with Gasteiger partial charge in [0, 0.05) is 41.1 Å². The van der Waals surface area contributed by atoms with Crippen LogP contribution in [0.4, 0.5) is 0 Å². The summed E-state index contributed by atoms with van der Waals surface area (Å²) in [5.41, 5.74) is 9.90. The third kappa shape index (κ3) is 6.77. The number of hydrogen-bond donors (Lipinski definition) is 1. The normalized spacial score (nSPS) is 33.4. The molecule has 0 bridgehead atoms. The van der Waals surface area contributed by atoms with Crippen LogP contribution in [0.2, 0.25) is 0 Å². The minimum absolute atomic E-state index is 0.0846. The summed E-state index contributed by atoms with van der Waals surface area (Å²) in [4.78, 5) is 10.8. The second-order valence-electron chi connectivity index (χ2n) is 13.6. The summed E-state index contributed by atoms with van der Waals surface area (Å²) < 4.78 is 0. The molecule has 2 aliphatic heterocycles. The topological polar surface area (TPSA) is 36.8 Å². The first kappa shape index (κ1) is 29.3. The SMILES string of the molecule is C1=CCCC(C2=NC=C(C3=CCC(C4=NC(C5C=CC=CC5)N/C(C5=CCCC=C5)=C\CC4)CC3)CC2C2C=CCCC2)=C1. The lowest BCUT2D eigenvalue weighted by Gasteiger charge is -2.34. The Labute approximate surface area is 265 Å². The van der Waals surface area contributed by atoms with Crippen molar-refractivity contribution in [1.82, 2.24) is 5.32 Å². The summed E-state index contributed by atoms with van der Waals surface area (Å²) in [6.45, 7) is 0. The highest BCUT2D eigenvalue weighted by Gasteiger charge is 2.33. The maximum atomic E-state index is 5.54. The summed E-state index contributed by atoms with van der Waals surface area (Å²) in [6.07, 6.45) is 51.2. The minimum Gasteiger partial charge on any atom is -0.363 e. The van der Waals surface area contributed by atoms with Gasteiger partial charge in [0.15, 0.2) is 0 Å². The third-order valence-electron chi connectivity index (χ3n) is 10.7. The molecule has 0 spiro atoms. The van der Waals surface area contributed by atoms with Crippen molar-refractivity contribution in [3.8, 4) is 0 Å². The summed E-state index contributed by atoms with van der Waals surface area (Å²) in [6, 6.07) is 0. The van der Waals surface area contributed by atoms with E-state index in [4.69, 9.17) is 9.98 Å². The van der Waals surface area contributed by atoms with E-state index in [0.717, 1.165) is 64.2 Å². The molecular formula is C41H49N3. The van der Waals surface area contributed by atoms with E-state index in [2.05, 4.69) is 96.6 Å². The Morgan fingerprint density at radius 3 is 2.48 bits per heavy atom. The summed E-state index contributed by atoms with van der Waals surface area (Å²) in [5, 5.41) is 3.91. The monoisotopic (exact) mass is 583 g/mol. The Bertz CT molecular complexity index is 1460. The Morgan fingerprint density at radius 1 is 0.705 bits per heavy atom. The molecule has 3 heteroatoms. The average molecular weight is 584 g/mol. The molecule has 0 radical (unpaired) electrons. The van der Waals surface area contributed by atoms with Crippen LogP contribution in [0.5, 0.6) is 0 Å². The molecule has 5 aliphatic carbocycles. The molecule has 5 atom stereocenters. The molecule has 0 saturated heterocycles. The highest BCUT2D eigenvalue weighted by Crippen LogP contribution is 2.41. The number of nitrogens with zero attached hydrogens (tertiary/aromatic N) is 2. The van der Waals surface area contributed by atoms with Crippen LogP contribution >= 0.6 is 0 Å². The molecular weight excluding hydrogens is 534 g/mol. The van der Waals surface area contributed by atoms with Gasteiger partial charge in [0.1, 0.15) is 6.17 Å². The van der Waals surface area contributed by atoms with Gasteiger partial charge in [-0.1, -0.05) is 85.1 Å². The van der Waals surface area contributed by atoms with Gasteiger partial charge in [0.05, 0.1) is 0 Å². The van der Waals surface area contributed by atoms with Crippen molar-refractivity contribution in [2.45, 2.75) is 96.1 Å². The zero-order valence-electron chi connectivity index (χ0n) is 26.3. The Hall–Kier alpha value is -3.46. The largest absolute Gasteiger partial charge is 0.363 e. The van der Waals surface area contributed by atoms with Gasteiger partial charge in [-0.15, -0.1) is 0 Å². The standard InChI is InChI=1S/C41H49N3/c1-5-14-31(15-6-1)37-28-36(29-42-40(37)34-18-9-3-10-19-34)30-24-26-33(27-25-30)39-23-13-22-38(32-16-7-2-8-17-32)43-41(44-39)35-20-11-4-12-21-35/h3-5,7,9,11-12,14,16-18,20,22,24,29,31,33,35,37,41,43H,1-2,6,8,10,13,15,19,21,23,25-28H2/b38-22-,44-39?. The van der Waals surface area contributed by atoms with Gasteiger partial charge >= 0.3 is 0 Å².